The number of benzene rings is 1. The highest BCUT2D eigenvalue weighted by Gasteiger charge is 2.28. The highest BCUT2D eigenvalue weighted by Crippen LogP contribution is 2.31. The van der Waals surface area contributed by atoms with E-state index in [2.05, 4.69) is 0 Å². The van der Waals surface area contributed by atoms with Gasteiger partial charge < -0.3 is 24.2 Å². The van der Waals surface area contributed by atoms with Gasteiger partial charge in [-0.3, -0.25) is 9.59 Å². The van der Waals surface area contributed by atoms with Gasteiger partial charge in [-0.05, 0) is 31.0 Å². The van der Waals surface area contributed by atoms with Crippen LogP contribution in [0.2, 0.25) is 0 Å². The highest BCUT2D eigenvalue weighted by molar-refractivity contribution is 5.95. The number of aliphatic carboxylic acids is 1. The molecule has 0 unspecified atom stereocenters. The van der Waals surface area contributed by atoms with Crippen molar-refractivity contribution in [2.45, 2.75) is 25.3 Å². The van der Waals surface area contributed by atoms with E-state index in [0.29, 0.717) is 43.5 Å². The number of rotatable bonds is 5. The average molecular weight is 335 g/mol. The molecule has 0 saturated carbocycles. The van der Waals surface area contributed by atoms with E-state index in [9.17, 15) is 9.59 Å². The highest BCUT2D eigenvalue weighted by atomic mass is 16.6. The molecule has 0 bridgehead atoms. The van der Waals surface area contributed by atoms with E-state index in [0.717, 1.165) is 12.8 Å². The molecule has 0 aromatic heterocycles. The van der Waals surface area contributed by atoms with Gasteiger partial charge in [0.15, 0.2) is 11.5 Å². The summed E-state index contributed by atoms with van der Waals surface area (Å²) in [6, 6.07) is 5.09. The lowest BCUT2D eigenvalue weighted by molar-refractivity contribution is -0.137. The van der Waals surface area contributed by atoms with Gasteiger partial charge in [0.25, 0.3) is 5.91 Å². The summed E-state index contributed by atoms with van der Waals surface area (Å²) in [5.74, 6) is 0.0837. The van der Waals surface area contributed by atoms with E-state index in [1.54, 1.807) is 23.1 Å². The van der Waals surface area contributed by atoms with E-state index in [1.165, 1.54) is 0 Å². The molecule has 0 radical (unpaired) electrons. The topological polar surface area (TPSA) is 85.3 Å². The molecule has 1 amide bonds. The summed E-state index contributed by atoms with van der Waals surface area (Å²) in [5, 5.41) is 8.97. The molecule has 0 atom stereocenters. The van der Waals surface area contributed by atoms with Crippen molar-refractivity contribution in [2.75, 3.05) is 33.0 Å². The van der Waals surface area contributed by atoms with Crippen LogP contribution in [0.3, 0.4) is 0 Å². The number of carbonyl (C=O) groups excluding carboxylic acids is 1. The first-order chi connectivity index (χ1) is 11.6. The minimum Gasteiger partial charge on any atom is -0.486 e. The van der Waals surface area contributed by atoms with Gasteiger partial charge in [0.2, 0.25) is 0 Å². The molecule has 2 aliphatic rings. The van der Waals surface area contributed by atoms with E-state index in [-0.39, 0.29) is 24.9 Å². The third-order valence-corrected chi connectivity index (χ3v) is 4.25. The Kier molecular flexibility index (Phi) is 5.20. The van der Waals surface area contributed by atoms with Crippen LogP contribution in [0.5, 0.6) is 11.5 Å². The molecule has 1 saturated heterocycles. The van der Waals surface area contributed by atoms with Gasteiger partial charge >= 0.3 is 5.97 Å². The lowest BCUT2D eigenvalue weighted by Gasteiger charge is -2.34. The maximum absolute atomic E-state index is 12.9. The van der Waals surface area contributed by atoms with Crippen molar-refractivity contribution in [3.63, 3.8) is 0 Å². The average Bonchev–Trinajstić information content (AvgIpc) is 2.62. The Bertz CT molecular complexity index is 611. The molecule has 2 heterocycles. The van der Waals surface area contributed by atoms with Crippen LogP contribution >= 0.6 is 0 Å². The predicted octanol–water partition coefficient (Wildman–Crippen LogP) is 1.55. The van der Waals surface area contributed by atoms with Gasteiger partial charge in [-0.15, -0.1) is 0 Å². The first kappa shape index (κ1) is 16.6. The fraction of sp³-hybridized carbons (Fsp3) is 0.529. The third-order valence-electron chi connectivity index (χ3n) is 4.25. The summed E-state index contributed by atoms with van der Waals surface area (Å²) in [6.45, 7) is 2.30. The Labute approximate surface area is 140 Å². The minimum atomic E-state index is -0.915. The molecule has 2 aliphatic heterocycles. The lowest BCUT2D eigenvalue weighted by Crippen LogP contribution is -2.44. The Hall–Kier alpha value is -2.28. The van der Waals surface area contributed by atoms with Crippen LogP contribution < -0.4 is 9.47 Å². The maximum atomic E-state index is 12.9. The van der Waals surface area contributed by atoms with Crippen LogP contribution in [0.1, 0.15) is 29.6 Å². The molecule has 1 N–H and O–H groups in total. The van der Waals surface area contributed by atoms with Crippen molar-refractivity contribution in [2.24, 2.45) is 0 Å². The molecule has 24 heavy (non-hydrogen) atoms. The van der Waals surface area contributed by atoms with Gasteiger partial charge in [-0.25, -0.2) is 0 Å². The monoisotopic (exact) mass is 335 g/mol. The first-order valence-corrected chi connectivity index (χ1v) is 8.15. The molecule has 1 aromatic carbocycles. The van der Waals surface area contributed by atoms with Crippen LogP contribution in [0, 0.1) is 0 Å². The van der Waals surface area contributed by atoms with Crippen molar-refractivity contribution >= 4 is 11.9 Å². The molecule has 0 spiro atoms. The number of fused-ring (bicyclic) bond motifs is 1. The second-order valence-electron chi connectivity index (χ2n) is 5.84. The zero-order valence-electron chi connectivity index (χ0n) is 13.4. The number of nitrogens with zero attached hydrogens (tertiary/aromatic N) is 1. The van der Waals surface area contributed by atoms with Crippen molar-refractivity contribution in [3.8, 4) is 11.5 Å². The molecule has 3 rings (SSSR count). The minimum absolute atomic E-state index is 0.00111. The molecular formula is C17H21NO6. The van der Waals surface area contributed by atoms with E-state index < -0.39 is 5.97 Å². The molecule has 130 valence electrons. The van der Waals surface area contributed by atoms with E-state index >= 15 is 0 Å². The summed E-state index contributed by atoms with van der Waals surface area (Å²) in [5.41, 5.74) is 0.483. The van der Waals surface area contributed by atoms with Gasteiger partial charge in [0, 0.05) is 31.4 Å². The van der Waals surface area contributed by atoms with Crippen molar-refractivity contribution < 1.29 is 28.9 Å². The molecule has 7 nitrogen and oxygen atoms in total. The summed E-state index contributed by atoms with van der Waals surface area (Å²) in [7, 11) is 0. The van der Waals surface area contributed by atoms with Gasteiger partial charge in [0.05, 0.1) is 6.42 Å². The van der Waals surface area contributed by atoms with Crippen LogP contribution in [0.4, 0.5) is 0 Å². The number of ether oxygens (including phenoxy) is 3. The maximum Gasteiger partial charge on any atom is 0.305 e. The summed E-state index contributed by atoms with van der Waals surface area (Å²) in [6.07, 6.45) is 1.36. The zero-order chi connectivity index (χ0) is 16.9. The summed E-state index contributed by atoms with van der Waals surface area (Å²) < 4.78 is 16.3. The molecule has 7 heteroatoms. The molecule has 1 aromatic rings. The summed E-state index contributed by atoms with van der Waals surface area (Å²) >= 11 is 0. The standard InChI is InChI=1S/C17H21NO6/c19-16(20)3-6-18(13-4-7-22-8-5-13)17(21)12-1-2-14-15(11-12)24-10-9-23-14/h1-2,11,13H,3-10H2,(H,19,20). The van der Waals surface area contributed by atoms with Crippen LogP contribution in [0.25, 0.3) is 0 Å². The molecule has 0 aliphatic carbocycles. The quantitative estimate of drug-likeness (QED) is 0.879. The number of hydrogen-bond acceptors (Lipinski definition) is 5. The summed E-state index contributed by atoms with van der Waals surface area (Å²) in [4.78, 5) is 25.5. The van der Waals surface area contributed by atoms with Gasteiger partial charge in [-0.1, -0.05) is 0 Å². The number of carboxylic acids is 1. The first-order valence-electron chi connectivity index (χ1n) is 8.15. The van der Waals surface area contributed by atoms with Crippen molar-refractivity contribution in [1.29, 1.82) is 0 Å². The van der Waals surface area contributed by atoms with Crippen LogP contribution in [0.15, 0.2) is 18.2 Å². The fourth-order valence-electron chi connectivity index (χ4n) is 3.01. The Morgan fingerprint density at radius 2 is 1.79 bits per heavy atom. The van der Waals surface area contributed by atoms with Crippen molar-refractivity contribution in [1.82, 2.24) is 4.90 Å². The largest absolute Gasteiger partial charge is 0.486 e. The smallest absolute Gasteiger partial charge is 0.305 e. The molecule has 1 fully saturated rings. The number of amides is 1. The number of carboxylic acid groups (broad SMARTS) is 1. The number of carbonyl (C=O) groups is 2. The Morgan fingerprint density at radius 3 is 2.50 bits per heavy atom. The van der Waals surface area contributed by atoms with E-state index in [1.807, 2.05) is 0 Å². The Balaban J connectivity index is 1.80. The fourth-order valence-corrected chi connectivity index (χ4v) is 3.01. The zero-order valence-corrected chi connectivity index (χ0v) is 13.4. The normalized spacial score (nSPS) is 17.3. The van der Waals surface area contributed by atoms with Crippen molar-refractivity contribution in [3.05, 3.63) is 23.8 Å². The second kappa shape index (κ2) is 7.53. The molecular weight excluding hydrogens is 314 g/mol. The second-order valence-corrected chi connectivity index (χ2v) is 5.84. The SMILES string of the molecule is O=C(O)CCN(C(=O)c1ccc2c(c1)OCCO2)C1CCOCC1. The van der Waals surface area contributed by atoms with Gasteiger partial charge in [0.1, 0.15) is 13.2 Å². The Morgan fingerprint density at radius 1 is 1.08 bits per heavy atom. The van der Waals surface area contributed by atoms with Crippen LogP contribution in [-0.4, -0.2) is 60.9 Å². The predicted molar refractivity (Wildman–Crippen MR) is 84.6 cm³/mol. The van der Waals surface area contributed by atoms with Crippen LogP contribution in [-0.2, 0) is 9.53 Å². The van der Waals surface area contributed by atoms with E-state index in [4.69, 9.17) is 19.3 Å². The number of hydrogen-bond donors (Lipinski definition) is 1. The van der Waals surface area contributed by atoms with Gasteiger partial charge in [-0.2, -0.15) is 0 Å². The third kappa shape index (κ3) is 3.79. The lowest BCUT2D eigenvalue weighted by atomic mass is 10.0.